The molecule has 0 spiro atoms. The molecule has 3 N–H and O–H groups in total. The molecular formula is C13H20ClNO2. The third kappa shape index (κ3) is 3.87. The number of nitrogens with one attached hydrogen (secondary N) is 1. The third-order valence-electron chi connectivity index (χ3n) is 3.16. The first kappa shape index (κ1) is 14.3. The van der Waals surface area contributed by atoms with Crippen molar-refractivity contribution < 1.29 is 10.2 Å². The minimum atomic E-state index is -0.672. The fourth-order valence-electron chi connectivity index (χ4n) is 1.63. The molecule has 0 aliphatic heterocycles. The van der Waals surface area contributed by atoms with Crippen molar-refractivity contribution in [3.05, 3.63) is 28.8 Å². The van der Waals surface area contributed by atoms with Crippen molar-refractivity contribution in [2.24, 2.45) is 0 Å². The predicted molar refractivity (Wildman–Crippen MR) is 70.4 cm³/mol. The standard InChI is InChI=1S/C13H20ClNO2/c1-3-13(17,4-2)9-15-8-10-6-5-7-11(14)12(10)16/h5-7,15-17H,3-4,8-9H2,1-2H3. The quantitative estimate of drug-likeness (QED) is 0.735. The number of rotatable bonds is 6. The topological polar surface area (TPSA) is 52.5 Å². The van der Waals surface area contributed by atoms with Crippen LogP contribution in [-0.2, 0) is 6.54 Å². The molecule has 0 aromatic heterocycles. The number of para-hydroxylation sites is 1. The summed E-state index contributed by atoms with van der Waals surface area (Å²) in [5.41, 5.74) is 0.0702. The van der Waals surface area contributed by atoms with Crippen LogP contribution in [0.1, 0.15) is 32.3 Å². The Bertz CT molecular complexity index is 364. The van der Waals surface area contributed by atoms with Crippen molar-refractivity contribution in [3.8, 4) is 5.75 Å². The number of aliphatic hydroxyl groups is 1. The number of hydrogen-bond acceptors (Lipinski definition) is 3. The second-order valence-electron chi connectivity index (χ2n) is 4.28. The van der Waals surface area contributed by atoms with Gasteiger partial charge in [0.05, 0.1) is 10.6 Å². The second kappa shape index (κ2) is 6.24. The molecule has 0 amide bonds. The minimum absolute atomic E-state index is 0.109. The fraction of sp³-hybridized carbons (Fsp3) is 0.538. The van der Waals surface area contributed by atoms with Crippen LogP contribution in [0.5, 0.6) is 5.75 Å². The van der Waals surface area contributed by atoms with Gasteiger partial charge in [-0.05, 0) is 18.9 Å². The molecule has 1 rings (SSSR count). The zero-order valence-electron chi connectivity index (χ0n) is 10.3. The van der Waals surface area contributed by atoms with Gasteiger partial charge in [-0.3, -0.25) is 0 Å². The summed E-state index contributed by atoms with van der Waals surface area (Å²) in [6.45, 7) is 4.92. The molecule has 0 heterocycles. The van der Waals surface area contributed by atoms with Crippen molar-refractivity contribution in [1.29, 1.82) is 0 Å². The minimum Gasteiger partial charge on any atom is -0.506 e. The van der Waals surface area contributed by atoms with Crippen LogP contribution in [0.25, 0.3) is 0 Å². The number of halogens is 1. The molecule has 1 aromatic rings. The summed E-state index contributed by atoms with van der Waals surface area (Å²) >= 11 is 5.81. The Morgan fingerprint density at radius 1 is 1.29 bits per heavy atom. The van der Waals surface area contributed by atoms with Crippen LogP contribution in [0.15, 0.2) is 18.2 Å². The predicted octanol–water partition coefficient (Wildman–Crippen LogP) is 2.69. The van der Waals surface area contributed by atoms with Gasteiger partial charge < -0.3 is 15.5 Å². The molecule has 1 aromatic carbocycles. The highest BCUT2D eigenvalue weighted by Crippen LogP contribution is 2.26. The van der Waals surface area contributed by atoms with Crippen molar-refractivity contribution in [1.82, 2.24) is 5.32 Å². The number of hydrogen-bond donors (Lipinski definition) is 3. The van der Waals surface area contributed by atoms with E-state index in [9.17, 15) is 10.2 Å². The van der Waals surface area contributed by atoms with Crippen LogP contribution in [0.4, 0.5) is 0 Å². The van der Waals surface area contributed by atoms with Crippen molar-refractivity contribution in [2.75, 3.05) is 6.54 Å². The smallest absolute Gasteiger partial charge is 0.138 e. The number of aromatic hydroxyl groups is 1. The summed E-state index contributed by atoms with van der Waals surface area (Å²) in [7, 11) is 0. The van der Waals surface area contributed by atoms with Crippen LogP contribution in [0, 0.1) is 0 Å². The summed E-state index contributed by atoms with van der Waals surface area (Å²) < 4.78 is 0. The van der Waals surface area contributed by atoms with Crippen LogP contribution < -0.4 is 5.32 Å². The van der Waals surface area contributed by atoms with E-state index in [2.05, 4.69) is 5.32 Å². The van der Waals surface area contributed by atoms with E-state index < -0.39 is 5.60 Å². The second-order valence-corrected chi connectivity index (χ2v) is 4.69. The molecule has 17 heavy (non-hydrogen) atoms. The van der Waals surface area contributed by atoms with Crippen LogP contribution >= 0.6 is 11.6 Å². The molecule has 0 aliphatic carbocycles. The van der Waals surface area contributed by atoms with Crippen LogP contribution in [0.2, 0.25) is 5.02 Å². The maximum absolute atomic E-state index is 10.1. The van der Waals surface area contributed by atoms with Crippen molar-refractivity contribution >= 4 is 11.6 Å². The SMILES string of the molecule is CCC(O)(CC)CNCc1cccc(Cl)c1O. The monoisotopic (exact) mass is 257 g/mol. The van der Waals surface area contributed by atoms with E-state index in [0.29, 0.717) is 31.0 Å². The highest BCUT2D eigenvalue weighted by atomic mass is 35.5. The van der Waals surface area contributed by atoms with Gasteiger partial charge in [0.1, 0.15) is 5.75 Å². The molecule has 0 bridgehead atoms. The zero-order chi connectivity index (χ0) is 12.9. The summed E-state index contributed by atoms with van der Waals surface area (Å²) in [5, 5.41) is 23.3. The normalized spacial score (nSPS) is 11.8. The number of phenolic OH excluding ortho intramolecular Hbond substituents is 1. The maximum atomic E-state index is 10.1. The van der Waals surface area contributed by atoms with E-state index in [1.165, 1.54) is 0 Å². The molecule has 0 unspecified atom stereocenters. The Labute approximate surface area is 107 Å². The van der Waals surface area contributed by atoms with E-state index in [-0.39, 0.29) is 5.75 Å². The lowest BCUT2D eigenvalue weighted by atomic mass is 9.97. The van der Waals surface area contributed by atoms with E-state index in [0.717, 1.165) is 5.56 Å². The first-order valence-corrected chi connectivity index (χ1v) is 6.29. The molecule has 0 fully saturated rings. The van der Waals surface area contributed by atoms with Gasteiger partial charge >= 0.3 is 0 Å². The molecule has 4 heteroatoms. The Morgan fingerprint density at radius 3 is 2.53 bits per heavy atom. The van der Waals surface area contributed by atoms with Gasteiger partial charge in [-0.25, -0.2) is 0 Å². The Balaban J connectivity index is 2.54. The zero-order valence-corrected chi connectivity index (χ0v) is 11.1. The van der Waals surface area contributed by atoms with Gasteiger partial charge in [0, 0.05) is 18.7 Å². The lowest BCUT2D eigenvalue weighted by Crippen LogP contribution is -2.39. The number of phenols is 1. The maximum Gasteiger partial charge on any atom is 0.138 e. The lowest BCUT2D eigenvalue weighted by Gasteiger charge is -2.25. The van der Waals surface area contributed by atoms with E-state index in [1.807, 2.05) is 19.9 Å². The summed E-state index contributed by atoms with van der Waals surface area (Å²) in [6.07, 6.45) is 1.41. The average Bonchev–Trinajstić information content (AvgIpc) is 2.34. The average molecular weight is 258 g/mol. The van der Waals surface area contributed by atoms with Crippen LogP contribution in [-0.4, -0.2) is 22.4 Å². The molecule has 0 aliphatic rings. The first-order valence-electron chi connectivity index (χ1n) is 5.92. The molecule has 0 saturated heterocycles. The first-order chi connectivity index (χ1) is 8.02. The molecule has 96 valence electrons. The molecule has 0 saturated carbocycles. The van der Waals surface area contributed by atoms with Crippen molar-refractivity contribution in [2.45, 2.75) is 38.8 Å². The Kier molecular flexibility index (Phi) is 5.25. The van der Waals surface area contributed by atoms with Gasteiger partial charge in [0.25, 0.3) is 0 Å². The number of benzene rings is 1. The Hall–Kier alpha value is -0.770. The molecule has 0 radical (unpaired) electrons. The molecule has 0 atom stereocenters. The molecule has 3 nitrogen and oxygen atoms in total. The van der Waals surface area contributed by atoms with E-state index >= 15 is 0 Å². The lowest BCUT2D eigenvalue weighted by molar-refractivity contribution is 0.0322. The Morgan fingerprint density at radius 2 is 1.94 bits per heavy atom. The summed E-state index contributed by atoms with van der Waals surface area (Å²) in [5.74, 6) is 0.109. The summed E-state index contributed by atoms with van der Waals surface area (Å²) in [4.78, 5) is 0. The highest BCUT2D eigenvalue weighted by Gasteiger charge is 2.21. The fourth-order valence-corrected chi connectivity index (χ4v) is 1.83. The van der Waals surface area contributed by atoms with E-state index in [4.69, 9.17) is 11.6 Å². The largest absolute Gasteiger partial charge is 0.506 e. The van der Waals surface area contributed by atoms with Crippen molar-refractivity contribution in [3.63, 3.8) is 0 Å². The van der Waals surface area contributed by atoms with Gasteiger partial charge in [0.2, 0.25) is 0 Å². The third-order valence-corrected chi connectivity index (χ3v) is 3.46. The van der Waals surface area contributed by atoms with E-state index in [1.54, 1.807) is 12.1 Å². The summed E-state index contributed by atoms with van der Waals surface area (Å²) in [6, 6.07) is 5.25. The van der Waals surface area contributed by atoms with Gasteiger partial charge in [-0.15, -0.1) is 0 Å². The van der Waals surface area contributed by atoms with Gasteiger partial charge in [-0.2, -0.15) is 0 Å². The molecular weight excluding hydrogens is 238 g/mol. The van der Waals surface area contributed by atoms with Gasteiger partial charge in [0.15, 0.2) is 0 Å². The highest BCUT2D eigenvalue weighted by molar-refractivity contribution is 6.32. The van der Waals surface area contributed by atoms with Gasteiger partial charge in [-0.1, -0.05) is 37.6 Å². The van der Waals surface area contributed by atoms with Crippen LogP contribution in [0.3, 0.4) is 0 Å².